The summed E-state index contributed by atoms with van der Waals surface area (Å²) < 4.78 is 0. The van der Waals surface area contributed by atoms with Crippen molar-refractivity contribution in [3.63, 3.8) is 0 Å². The average molecular weight is 215 g/mol. The summed E-state index contributed by atoms with van der Waals surface area (Å²) in [5, 5.41) is 10.5. The summed E-state index contributed by atoms with van der Waals surface area (Å²) in [6, 6.07) is 0. The number of aliphatic carboxylic acids is 1. The molecule has 1 heterocycles. The van der Waals surface area contributed by atoms with E-state index in [1.165, 1.54) is 16.7 Å². The Hall–Kier alpha value is -0.970. The number of carbonyl (C=O) groups is 2. The van der Waals surface area contributed by atoms with Gasteiger partial charge in [-0.15, -0.1) is 11.8 Å². The van der Waals surface area contributed by atoms with Crippen LogP contribution in [0, 0.1) is 5.92 Å². The van der Waals surface area contributed by atoms with E-state index in [-0.39, 0.29) is 18.4 Å². The minimum absolute atomic E-state index is 0.122. The van der Waals surface area contributed by atoms with Crippen LogP contribution in [-0.4, -0.2) is 34.2 Å². The summed E-state index contributed by atoms with van der Waals surface area (Å²) in [6.45, 7) is 3.66. The van der Waals surface area contributed by atoms with Crippen molar-refractivity contribution in [2.24, 2.45) is 5.92 Å². The number of carboxylic acids is 1. The maximum Gasteiger partial charge on any atom is 0.323 e. The third-order valence-corrected chi connectivity index (χ3v) is 2.73. The van der Waals surface area contributed by atoms with Crippen LogP contribution in [0.1, 0.15) is 13.8 Å². The van der Waals surface area contributed by atoms with Crippen molar-refractivity contribution < 1.29 is 14.7 Å². The Bertz CT molecular complexity index is 286. The van der Waals surface area contributed by atoms with Crippen molar-refractivity contribution in [1.29, 1.82) is 0 Å². The molecule has 5 heteroatoms. The molecule has 78 valence electrons. The summed E-state index contributed by atoms with van der Waals surface area (Å²) in [5.41, 5.74) is 0.800. The standard InChI is InChI=1S/C9H13NO3S/c1-6(2)7-4-14-5-8(11)10(7)3-9(12)13/h4,6H,3,5H2,1-2H3,(H,12,13). The lowest BCUT2D eigenvalue weighted by atomic mass is 10.1. The van der Waals surface area contributed by atoms with Crippen molar-refractivity contribution in [1.82, 2.24) is 4.90 Å². The summed E-state index contributed by atoms with van der Waals surface area (Å²) in [4.78, 5) is 23.3. The third kappa shape index (κ3) is 2.51. The highest BCUT2D eigenvalue weighted by molar-refractivity contribution is 8.02. The second-order valence-electron chi connectivity index (χ2n) is 3.38. The molecule has 1 aliphatic rings. The molecule has 4 nitrogen and oxygen atoms in total. The molecule has 0 aromatic rings. The largest absolute Gasteiger partial charge is 0.480 e. The lowest BCUT2D eigenvalue weighted by molar-refractivity contribution is -0.142. The van der Waals surface area contributed by atoms with Gasteiger partial charge in [-0.3, -0.25) is 9.59 Å². The molecule has 14 heavy (non-hydrogen) atoms. The lowest BCUT2D eigenvalue weighted by Gasteiger charge is -2.29. The molecule has 0 aromatic carbocycles. The Morgan fingerprint density at radius 2 is 2.36 bits per heavy atom. The van der Waals surface area contributed by atoms with Gasteiger partial charge in [-0.25, -0.2) is 0 Å². The van der Waals surface area contributed by atoms with Crippen LogP contribution in [0.5, 0.6) is 0 Å². The van der Waals surface area contributed by atoms with E-state index < -0.39 is 5.97 Å². The summed E-state index contributed by atoms with van der Waals surface area (Å²) >= 11 is 1.42. The summed E-state index contributed by atoms with van der Waals surface area (Å²) in [5.74, 6) is -0.588. The van der Waals surface area contributed by atoms with Crippen LogP contribution in [0.4, 0.5) is 0 Å². The Morgan fingerprint density at radius 3 is 2.86 bits per heavy atom. The SMILES string of the molecule is CC(C)C1=CSCC(=O)N1CC(=O)O. The highest BCUT2D eigenvalue weighted by Crippen LogP contribution is 2.25. The topological polar surface area (TPSA) is 57.6 Å². The maximum atomic E-state index is 11.4. The number of carboxylic acid groups (broad SMARTS) is 1. The molecular formula is C9H13NO3S. The third-order valence-electron chi connectivity index (χ3n) is 1.91. The minimum Gasteiger partial charge on any atom is -0.480 e. The van der Waals surface area contributed by atoms with E-state index in [0.29, 0.717) is 5.75 Å². The van der Waals surface area contributed by atoms with E-state index in [0.717, 1.165) is 5.70 Å². The molecule has 0 radical (unpaired) electrons. The number of hydrogen-bond donors (Lipinski definition) is 1. The second-order valence-corrected chi connectivity index (χ2v) is 4.24. The number of nitrogens with zero attached hydrogens (tertiary/aromatic N) is 1. The fourth-order valence-corrected chi connectivity index (χ4v) is 2.20. The van der Waals surface area contributed by atoms with Gasteiger partial charge in [0, 0.05) is 5.70 Å². The van der Waals surface area contributed by atoms with Crippen molar-refractivity contribution in [2.75, 3.05) is 12.3 Å². The molecule has 0 aliphatic carbocycles. The van der Waals surface area contributed by atoms with Crippen LogP contribution < -0.4 is 0 Å². The molecule has 1 amide bonds. The fraction of sp³-hybridized carbons (Fsp3) is 0.556. The van der Waals surface area contributed by atoms with Crippen LogP contribution in [0.15, 0.2) is 11.1 Å². The van der Waals surface area contributed by atoms with Gasteiger partial charge in [0.2, 0.25) is 5.91 Å². The van der Waals surface area contributed by atoms with Gasteiger partial charge in [0.05, 0.1) is 5.75 Å². The quantitative estimate of drug-likeness (QED) is 0.767. The highest BCUT2D eigenvalue weighted by Gasteiger charge is 2.25. The van der Waals surface area contributed by atoms with Gasteiger partial charge in [-0.1, -0.05) is 13.8 Å². The Balaban J connectivity index is 2.84. The first-order chi connectivity index (χ1) is 6.52. The minimum atomic E-state index is -0.975. The van der Waals surface area contributed by atoms with Crippen molar-refractivity contribution in [3.05, 3.63) is 11.1 Å². The van der Waals surface area contributed by atoms with Crippen molar-refractivity contribution in [2.45, 2.75) is 13.8 Å². The Labute approximate surface area is 87.0 Å². The molecule has 1 N–H and O–H groups in total. The first-order valence-corrected chi connectivity index (χ1v) is 5.41. The number of allylic oxidation sites excluding steroid dienone is 1. The summed E-state index contributed by atoms with van der Waals surface area (Å²) in [7, 11) is 0. The van der Waals surface area contributed by atoms with E-state index in [1.54, 1.807) is 0 Å². The molecule has 0 unspecified atom stereocenters. The number of carbonyl (C=O) groups excluding carboxylic acids is 1. The molecule has 1 aliphatic heterocycles. The average Bonchev–Trinajstić information content (AvgIpc) is 2.07. The number of hydrogen-bond acceptors (Lipinski definition) is 3. The molecular weight excluding hydrogens is 202 g/mol. The van der Waals surface area contributed by atoms with Crippen molar-refractivity contribution >= 4 is 23.6 Å². The molecule has 1 rings (SSSR count). The zero-order valence-electron chi connectivity index (χ0n) is 8.19. The first kappa shape index (κ1) is 11.1. The zero-order valence-corrected chi connectivity index (χ0v) is 9.00. The van der Waals surface area contributed by atoms with Gasteiger partial charge < -0.3 is 10.0 Å². The fourth-order valence-electron chi connectivity index (χ4n) is 1.25. The zero-order chi connectivity index (χ0) is 10.7. The predicted molar refractivity (Wildman–Crippen MR) is 54.7 cm³/mol. The molecule has 0 bridgehead atoms. The number of rotatable bonds is 3. The van der Waals surface area contributed by atoms with Gasteiger partial charge >= 0.3 is 5.97 Å². The Morgan fingerprint density at radius 1 is 1.71 bits per heavy atom. The van der Waals surface area contributed by atoms with Crippen LogP contribution in [0.2, 0.25) is 0 Å². The molecule has 0 aromatic heterocycles. The van der Waals surface area contributed by atoms with E-state index in [9.17, 15) is 9.59 Å². The van der Waals surface area contributed by atoms with Crippen LogP contribution >= 0.6 is 11.8 Å². The normalized spacial score (nSPS) is 17.2. The van der Waals surface area contributed by atoms with Crippen LogP contribution in [-0.2, 0) is 9.59 Å². The van der Waals surface area contributed by atoms with E-state index in [1.807, 2.05) is 19.3 Å². The van der Waals surface area contributed by atoms with Gasteiger partial charge in [-0.05, 0) is 11.3 Å². The highest BCUT2D eigenvalue weighted by atomic mass is 32.2. The Kier molecular flexibility index (Phi) is 3.57. The molecule has 0 fully saturated rings. The summed E-state index contributed by atoms with van der Waals surface area (Å²) in [6.07, 6.45) is 0. The van der Waals surface area contributed by atoms with E-state index >= 15 is 0 Å². The van der Waals surface area contributed by atoms with Gasteiger partial charge in [0.15, 0.2) is 0 Å². The van der Waals surface area contributed by atoms with Gasteiger partial charge in [-0.2, -0.15) is 0 Å². The number of thioether (sulfide) groups is 1. The molecule has 0 atom stereocenters. The molecule has 0 saturated heterocycles. The molecule has 0 spiro atoms. The van der Waals surface area contributed by atoms with Crippen LogP contribution in [0.3, 0.4) is 0 Å². The predicted octanol–water partition coefficient (Wildman–Crippen LogP) is 1.14. The van der Waals surface area contributed by atoms with E-state index in [4.69, 9.17) is 5.11 Å². The first-order valence-electron chi connectivity index (χ1n) is 4.36. The van der Waals surface area contributed by atoms with Gasteiger partial charge in [0.1, 0.15) is 6.54 Å². The van der Waals surface area contributed by atoms with Gasteiger partial charge in [0.25, 0.3) is 0 Å². The maximum absolute atomic E-state index is 11.4. The lowest BCUT2D eigenvalue weighted by Crippen LogP contribution is -2.39. The van der Waals surface area contributed by atoms with E-state index in [2.05, 4.69) is 0 Å². The van der Waals surface area contributed by atoms with Crippen LogP contribution in [0.25, 0.3) is 0 Å². The monoisotopic (exact) mass is 215 g/mol. The second kappa shape index (κ2) is 4.50. The molecule has 0 saturated carbocycles. The smallest absolute Gasteiger partial charge is 0.323 e. The number of amides is 1. The van der Waals surface area contributed by atoms with Crippen molar-refractivity contribution in [3.8, 4) is 0 Å².